The Kier molecular flexibility index (Phi) is 5.00. The van der Waals surface area contributed by atoms with E-state index in [2.05, 4.69) is 11.1 Å². The summed E-state index contributed by atoms with van der Waals surface area (Å²) in [5.74, 6) is 0.635. The standard InChI is InChI=1S/C17H21ClN2O/c1-17(2,11-19)16-14(18)9-12(10-20-16)7-8-15(21)13-5-3-4-6-13/h9-10,13H,3-8H2,1-2H3. The van der Waals surface area contributed by atoms with Gasteiger partial charge in [-0.15, -0.1) is 0 Å². The maximum atomic E-state index is 12.1. The third-order valence-electron chi connectivity index (χ3n) is 4.24. The molecule has 1 aliphatic carbocycles. The fourth-order valence-corrected chi connectivity index (χ4v) is 3.27. The van der Waals surface area contributed by atoms with E-state index in [-0.39, 0.29) is 5.92 Å². The molecule has 2 rings (SSSR count). The SMILES string of the molecule is CC(C)(C#N)c1ncc(CCC(=O)C2CCCC2)cc1Cl. The minimum Gasteiger partial charge on any atom is -0.299 e. The molecule has 0 spiro atoms. The quantitative estimate of drug-likeness (QED) is 0.818. The number of pyridine rings is 1. The van der Waals surface area contributed by atoms with Gasteiger partial charge in [0.15, 0.2) is 0 Å². The van der Waals surface area contributed by atoms with Crippen molar-refractivity contribution in [2.75, 3.05) is 0 Å². The fourth-order valence-electron chi connectivity index (χ4n) is 2.85. The molecule has 0 N–H and O–H groups in total. The topological polar surface area (TPSA) is 53.8 Å². The maximum absolute atomic E-state index is 12.1. The van der Waals surface area contributed by atoms with Crippen molar-refractivity contribution >= 4 is 17.4 Å². The Morgan fingerprint density at radius 1 is 1.48 bits per heavy atom. The van der Waals surface area contributed by atoms with Gasteiger partial charge in [-0.3, -0.25) is 9.78 Å². The molecule has 112 valence electrons. The second-order valence-electron chi connectivity index (χ2n) is 6.36. The van der Waals surface area contributed by atoms with E-state index in [1.54, 1.807) is 20.0 Å². The number of aryl methyl sites for hydroxylation is 1. The van der Waals surface area contributed by atoms with E-state index in [0.29, 0.717) is 29.3 Å². The molecule has 0 amide bonds. The maximum Gasteiger partial charge on any atom is 0.136 e. The van der Waals surface area contributed by atoms with Gasteiger partial charge in [0, 0.05) is 18.5 Å². The molecule has 1 aromatic heterocycles. The number of nitrogens with zero attached hydrogens (tertiary/aromatic N) is 2. The first kappa shape index (κ1) is 16.0. The van der Waals surface area contributed by atoms with Gasteiger partial charge in [-0.05, 0) is 44.7 Å². The zero-order valence-electron chi connectivity index (χ0n) is 12.7. The highest BCUT2D eigenvalue weighted by molar-refractivity contribution is 6.31. The summed E-state index contributed by atoms with van der Waals surface area (Å²) in [7, 11) is 0. The van der Waals surface area contributed by atoms with Gasteiger partial charge < -0.3 is 0 Å². The monoisotopic (exact) mass is 304 g/mol. The van der Waals surface area contributed by atoms with Gasteiger partial charge in [0.1, 0.15) is 5.78 Å². The van der Waals surface area contributed by atoms with Crippen LogP contribution in [0.25, 0.3) is 0 Å². The summed E-state index contributed by atoms with van der Waals surface area (Å²) in [5.41, 5.74) is 0.858. The fraction of sp³-hybridized carbons (Fsp3) is 0.588. The first-order valence-electron chi connectivity index (χ1n) is 7.53. The average Bonchev–Trinajstić information content (AvgIpc) is 2.98. The molecule has 0 aromatic carbocycles. The van der Waals surface area contributed by atoms with Crippen LogP contribution in [0.3, 0.4) is 0 Å². The van der Waals surface area contributed by atoms with Crippen molar-refractivity contribution in [2.24, 2.45) is 5.92 Å². The van der Waals surface area contributed by atoms with Crippen LogP contribution in [-0.4, -0.2) is 10.8 Å². The number of aromatic nitrogens is 1. The third kappa shape index (κ3) is 3.83. The number of carbonyl (C=O) groups excluding carboxylic acids is 1. The second kappa shape index (κ2) is 6.58. The summed E-state index contributed by atoms with van der Waals surface area (Å²) < 4.78 is 0. The van der Waals surface area contributed by atoms with Crippen molar-refractivity contribution in [1.82, 2.24) is 4.98 Å². The van der Waals surface area contributed by atoms with E-state index in [9.17, 15) is 4.79 Å². The molecule has 0 radical (unpaired) electrons. The molecule has 1 fully saturated rings. The molecule has 1 heterocycles. The number of rotatable bonds is 5. The minimum absolute atomic E-state index is 0.269. The van der Waals surface area contributed by atoms with E-state index in [1.165, 1.54) is 12.8 Å². The highest BCUT2D eigenvalue weighted by Gasteiger charge is 2.25. The van der Waals surface area contributed by atoms with Crippen molar-refractivity contribution < 1.29 is 4.79 Å². The molecule has 4 heteroatoms. The molecular weight excluding hydrogens is 284 g/mol. The molecule has 0 bridgehead atoms. The number of halogens is 1. The lowest BCUT2D eigenvalue weighted by molar-refractivity contribution is -0.122. The Labute approximate surface area is 131 Å². The van der Waals surface area contributed by atoms with Crippen LogP contribution < -0.4 is 0 Å². The summed E-state index contributed by atoms with van der Waals surface area (Å²) in [6, 6.07) is 4.04. The Hall–Kier alpha value is -1.40. The highest BCUT2D eigenvalue weighted by Crippen LogP contribution is 2.29. The Balaban J connectivity index is 2.01. The lowest BCUT2D eigenvalue weighted by Gasteiger charge is -2.16. The van der Waals surface area contributed by atoms with Gasteiger partial charge in [0.05, 0.1) is 22.2 Å². The number of carbonyl (C=O) groups is 1. The van der Waals surface area contributed by atoms with Crippen molar-refractivity contribution in [3.05, 3.63) is 28.5 Å². The van der Waals surface area contributed by atoms with Crippen molar-refractivity contribution in [3.63, 3.8) is 0 Å². The molecule has 0 aliphatic heterocycles. The molecule has 1 aliphatic rings. The number of hydrogen-bond acceptors (Lipinski definition) is 3. The molecule has 0 saturated heterocycles. The summed E-state index contributed by atoms with van der Waals surface area (Å²) in [5, 5.41) is 9.65. The van der Waals surface area contributed by atoms with Gasteiger partial charge in [-0.1, -0.05) is 24.4 Å². The number of hydrogen-bond donors (Lipinski definition) is 0. The first-order valence-corrected chi connectivity index (χ1v) is 7.90. The normalized spacial score (nSPS) is 15.9. The molecule has 1 aromatic rings. The van der Waals surface area contributed by atoms with Crippen molar-refractivity contribution in [2.45, 2.75) is 57.8 Å². The summed E-state index contributed by atoms with van der Waals surface area (Å²) >= 11 is 6.24. The second-order valence-corrected chi connectivity index (χ2v) is 6.77. The zero-order chi connectivity index (χ0) is 15.5. The summed E-state index contributed by atoms with van der Waals surface area (Å²) in [4.78, 5) is 16.4. The lowest BCUT2D eigenvalue weighted by Crippen LogP contribution is -2.17. The largest absolute Gasteiger partial charge is 0.299 e. The highest BCUT2D eigenvalue weighted by atomic mass is 35.5. The summed E-state index contributed by atoms with van der Waals surface area (Å²) in [6.45, 7) is 3.59. The van der Waals surface area contributed by atoms with Crippen LogP contribution in [0, 0.1) is 17.2 Å². The van der Waals surface area contributed by atoms with Crippen LogP contribution in [0.4, 0.5) is 0 Å². The first-order chi connectivity index (χ1) is 9.94. The minimum atomic E-state index is -0.699. The van der Waals surface area contributed by atoms with Gasteiger partial charge in [-0.2, -0.15) is 5.26 Å². The molecular formula is C17H21ClN2O. The molecule has 1 saturated carbocycles. The number of ketones is 1. The van der Waals surface area contributed by atoms with Crippen LogP contribution in [0.5, 0.6) is 0 Å². The van der Waals surface area contributed by atoms with Crippen molar-refractivity contribution in [3.8, 4) is 6.07 Å². The number of nitriles is 1. The van der Waals surface area contributed by atoms with Gasteiger partial charge in [0.25, 0.3) is 0 Å². The number of Topliss-reactive ketones (excluding diaryl/α,β-unsaturated/α-hetero) is 1. The lowest BCUT2D eigenvalue weighted by atomic mass is 9.90. The molecule has 3 nitrogen and oxygen atoms in total. The van der Waals surface area contributed by atoms with E-state index < -0.39 is 5.41 Å². The van der Waals surface area contributed by atoms with E-state index in [0.717, 1.165) is 18.4 Å². The Morgan fingerprint density at radius 3 is 2.71 bits per heavy atom. The molecule has 21 heavy (non-hydrogen) atoms. The van der Waals surface area contributed by atoms with Gasteiger partial charge in [-0.25, -0.2) is 0 Å². The molecule has 0 unspecified atom stereocenters. The molecule has 0 atom stereocenters. The smallest absolute Gasteiger partial charge is 0.136 e. The van der Waals surface area contributed by atoms with Crippen molar-refractivity contribution in [1.29, 1.82) is 5.26 Å². The van der Waals surface area contributed by atoms with Crippen LogP contribution in [-0.2, 0) is 16.6 Å². The predicted molar refractivity (Wildman–Crippen MR) is 83.2 cm³/mol. The average molecular weight is 305 g/mol. The predicted octanol–water partition coefficient (Wildman–Crippen LogP) is 4.23. The summed E-state index contributed by atoms with van der Waals surface area (Å²) in [6.07, 6.45) is 7.44. The third-order valence-corrected chi connectivity index (χ3v) is 4.53. The van der Waals surface area contributed by atoms with Gasteiger partial charge >= 0.3 is 0 Å². The Bertz CT molecular complexity index is 569. The Morgan fingerprint density at radius 2 is 2.14 bits per heavy atom. The van der Waals surface area contributed by atoms with Crippen LogP contribution in [0.1, 0.15) is 57.2 Å². The van der Waals surface area contributed by atoms with Gasteiger partial charge in [0.2, 0.25) is 0 Å². The van der Waals surface area contributed by atoms with Crippen LogP contribution in [0.15, 0.2) is 12.3 Å². The van der Waals surface area contributed by atoms with Crippen LogP contribution in [0.2, 0.25) is 5.02 Å². The van der Waals surface area contributed by atoms with E-state index in [4.69, 9.17) is 16.9 Å². The zero-order valence-corrected chi connectivity index (χ0v) is 13.4. The van der Waals surface area contributed by atoms with E-state index in [1.807, 2.05) is 6.07 Å². The van der Waals surface area contributed by atoms with E-state index >= 15 is 0 Å². The van der Waals surface area contributed by atoms with Crippen LogP contribution >= 0.6 is 11.6 Å².